The number of nitrogens with zero attached hydrogens (tertiary/aromatic N) is 1. The third-order valence-electron chi connectivity index (χ3n) is 4.10. The molecule has 0 saturated heterocycles. The van der Waals surface area contributed by atoms with Crippen LogP contribution in [0.1, 0.15) is 11.1 Å². The first kappa shape index (κ1) is 18.4. The van der Waals surface area contributed by atoms with E-state index in [1.165, 1.54) is 4.90 Å². The zero-order valence-electron chi connectivity index (χ0n) is 15.2. The number of hydrogen-bond donors (Lipinski definition) is 1. The molecule has 0 atom stereocenters. The van der Waals surface area contributed by atoms with Crippen molar-refractivity contribution in [2.75, 3.05) is 30.0 Å². The Labute approximate surface area is 156 Å². The Morgan fingerprint density at radius 2 is 1.89 bits per heavy atom. The van der Waals surface area contributed by atoms with E-state index in [0.717, 1.165) is 11.1 Å². The van der Waals surface area contributed by atoms with Crippen LogP contribution in [0, 0.1) is 13.8 Å². The number of carbonyl (C=O) groups excluding carboxylic acids is 3. The molecule has 2 aromatic carbocycles. The predicted octanol–water partition coefficient (Wildman–Crippen LogP) is 2.21. The number of esters is 1. The molecule has 2 amide bonds. The van der Waals surface area contributed by atoms with Crippen molar-refractivity contribution in [1.29, 1.82) is 0 Å². The molecule has 0 aromatic heterocycles. The van der Waals surface area contributed by atoms with Crippen LogP contribution in [0.2, 0.25) is 0 Å². The number of rotatable bonds is 5. The first-order chi connectivity index (χ1) is 12.9. The van der Waals surface area contributed by atoms with Gasteiger partial charge in [-0.3, -0.25) is 14.5 Å². The van der Waals surface area contributed by atoms with Crippen molar-refractivity contribution in [3.8, 4) is 5.75 Å². The lowest BCUT2D eigenvalue weighted by molar-refractivity contribution is -0.149. The quantitative estimate of drug-likeness (QED) is 0.818. The van der Waals surface area contributed by atoms with Crippen LogP contribution in [-0.4, -0.2) is 37.5 Å². The van der Waals surface area contributed by atoms with Crippen molar-refractivity contribution >= 4 is 29.2 Å². The van der Waals surface area contributed by atoms with E-state index in [-0.39, 0.29) is 19.1 Å². The van der Waals surface area contributed by atoms with Gasteiger partial charge < -0.3 is 14.8 Å². The third kappa shape index (κ3) is 4.44. The Kier molecular flexibility index (Phi) is 5.40. The zero-order valence-corrected chi connectivity index (χ0v) is 15.2. The fourth-order valence-corrected chi connectivity index (χ4v) is 2.82. The third-order valence-corrected chi connectivity index (χ3v) is 4.10. The molecule has 27 heavy (non-hydrogen) atoms. The maximum absolute atomic E-state index is 12.4. The Morgan fingerprint density at radius 3 is 2.67 bits per heavy atom. The summed E-state index contributed by atoms with van der Waals surface area (Å²) in [5, 5.41) is 2.70. The summed E-state index contributed by atoms with van der Waals surface area (Å²) < 4.78 is 10.4. The normalized spacial score (nSPS) is 12.8. The van der Waals surface area contributed by atoms with Crippen molar-refractivity contribution in [3.05, 3.63) is 53.6 Å². The van der Waals surface area contributed by atoms with Gasteiger partial charge in [0.2, 0.25) is 5.91 Å². The Morgan fingerprint density at radius 1 is 1.11 bits per heavy atom. The van der Waals surface area contributed by atoms with Gasteiger partial charge in [0.25, 0.3) is 5.91 Å². The van der Waals surface area contributed by atoms with Crippen molar-refractivity contribution in [2.24, 2.45) is 0 Å². The average Bonchev–Trinajstić information content (AvgIpc) is 2.64. The molecule has 0 unspecified atom stereocenters. The number of anilines is 2. The zero-order chi connectivity index (χ0) is 19.4. The van der Waals surface area contributed by atoms with Crippen LogP contribution in [0.25, 0.3) is 0 Å². The van der Waals surface area contributed by atoms with E-state index in [1.54, 1.807) is 30.3 Å². The van der Waals surface area contributed by atoms with Gasteiger partial charge in [0.15, 0.2) is 13.2 Å². The fourth-order valence-electron chi connectivity index (χ4n) is 2.82. The molecule has 0 fully saturated rings. The number of para-hydroxylation sites is 2. The number of fused-ring (bicyclic) bond motifs is 1. The minimum absolute atomic E-state index is 0.119. The van der Waals surface area contributed by atoms with Crippen LogP contribution in [0.3, 0.4) is 0 Å². The SMILES string of the molecule is Cc1ccc(OCC(=O)OCC(=O)N2CC(=O)Nc3ccccc32)c(C)c1. The number of amides is 2. The van der Waals surface area contributed by atoms with Crippen LogP contribution in [0.4, 0.5) is 11.4 Å². The maximum atomic E-state index is 12.4. The molecule has 0 bridgehead atoms. The Bertz CT molecular complexity index is 894. The summed E-state index contributed by atoms with van der Waals surface area (Å²) in [7, 11) is 0. The first-order valence-corrected chi connectivity index (χ1v) is 8.49. The number of benzene rings is 2. The molecule has 3 rings (SSSR count). The van der Waals surface area contributed by atoms with E-state index >= 15 is 0 Å². The van der Waals surface area contributed by atoms with E-state index in [1.807, 2.05) is 26.0 Å². The Hall–Kier alpha value is -3.35. The number of carbonyl (C=O) groups is 3. The average molecular weight is 368 g/mol. The van der Waals surface area contributed by atoms with Gasteiger partial charge in [-0.1, -0.05) is 29.8 Å². The Balaban J connectivity index is 1.54. The number of nitrogens with one attached hydrogen (secondary N) is 1. The molecule has 0 aliphatic carbocycles. The highest BCUT2D eigenvalue weighted by Gasteiger charge is 2.27. The van der Waals surface area contributed by atoms with Crippen molar-refractivity contribution in [3.63, 3.8) is 0 Å². The summed E-state index contributed by atoms with van der Waals surface area (Å²) in [5.41, 5.74) is 3.13. The van der Waals surface area contributed by atoms with Gasteiger partial charge in [-0.05, 0) is 37.6 Å². The predicted molar refractivity (Wildman–Crippen MR) is 99.8 cm³/mol. The van der Waals surface area contributed by atoms with Crippen molar-refractivity contribution < 1.29 is 23.9 Å². The standard InChI is InChI=1S/C20H20N2O5/c1-13-7-8-17(14(2)9-13)26-12-20(25)27-11-19(24)22-10-18(23)21-15-5-3-4-6-16(15)22/h3-9H,10-12H2,1-2H3,(H,21,23). The molecule has 0 saturated carbocycles. The maximum Gasteiger partial charge on any atom is 0.344 e. The van der Waals surface area contributed by atoms with Crippen LogP contribution in [-0.2, 0) is 19.1 Å². The topological polar surface area (TPSA) is 84.9 Å². The molecule has 1 N–H and O–H groups in total. The van der Waals surface area contributed by atoms with Gasteiger partial charge in [-0.2, -0.15) is 0 Å². The summed E-state index contributed by atoms with van der Waals surface area (Å²) in [5.74, 6) is -0.840. The highest BCUT2D eigenvalue weighted by atomic mass is 16.6. The highest BCUT2D eigenvalue weighted by Crippen LogP contribution is 2.28. The minimum atomic E-state index is -0.655. The van der Waals surface area contributed by atoms with Crippen molar-refractivity contribution in [2.45, 2.75) is 13.8 Å². The van der Waals surface area contributed by atoms with E-state index in [2.05, 4.69) is 5.32 Å². The van der Waals surface area contributed by atoms with Crippen molar-refractivity contribution in [1.82, 2.24) is 0 Å². The van der Waals surface area contributed by atoms with Crippen LogP contribution >= 0.6 is 0 Å². The van der Waals surface area contributed by atoms with Crippen LogP contribution < -0.4 is 15.0 Å². The second-order valence-electron chi connectivity index (χ2n) is 6.26. The summed E-state index contributed by atoms with van der Waals surface area (Å²) in [4.78, 5) is 37.4. The smallest absolute Gasteiger partial charge is 0.344 e. The van der Waals surface area contributed by atoms with Crippen LogP contribution in [0.5, 0.6) is 5.75 Å². The van der Waals surface area contributed by atoms with E-state index < -0.39 is 18.5 Å². The molecule has 2 aromatic rings. The number of ether oxygens (including phenoxy) is 2. The highest BCUT2D eigenvalue weighted by molar-refractivity contribution is 6.10. The minimum Gasteiger partial charge on any atom is -0.482 e. The largest absolute Gasteiger partial charge is 0.482 e. The van der Waals surface area contributed by atoms with Gasteiger partial charge >= 0.3 is 5.97 Å². The molecule has 1 aliphatic rings. The lowest BCUT2D eigenvalue weighted by Crippen LogP contribution is -2.44. The fraction of sp³-hybridized carbons (Fsp3) is 0.250. The van der Waals surface area contributed by atoms with E-state index in [9.17, 15) is 14.4 Å². The van der Waals surface area contributed by atoms with Gasteiger partial charge in [-0.25, -0.2) is 4.79 Å². The number of aryl methyl sites for hydroxylation is 2. The summed E-state index contributed by atoms with van der Waals surface area (Å²) >= 11 is 0. The molecular formula is C20H20N2O5. The summed E-state index contributed by atoms with van der Waals surface area (Å²) in [6.07, 6.45) is 0. The number of hydrogen-bond acceptors (Lipinski definition) is 5. The molecule has 1 aliphatic heterocycles. The molecule has 0 radical (unpaired) electrons. The molecule has 1 heterocycles. The lowest BCUT2D eigenvalue weighted by atomic mass is 10.1. The first-order valence-electron chi connectivity index (χ1n) is 8.49. The molecule has 7 nitrogen and oxygen atoms in total. The lowest BCUT2D eigenvalue weighted by Gasteiger charge is -2.28. The van der Waals surface area contributed by atoms with Gasteiger partial charge in [-0.15, -0.1) is 0 Å². The van der Waals surface area contributed by atoms with E-state index in [0.29, 0.717) is 17.1 Å². The molecule has 0 spiro atoms. The summed E-state index contributed by atoms with van der Waals surface area (Å²) in [6, 6.07) is 12.6. The van der Waals surface area contributed by atoms with Crippen LogP contribution in [0.15, 0.2) is 42.5 Å². The molecule has 140 valence electrons. The monoisotopic (exact) mass is 368 g/mol. The summed E-state index contributed by atoms with van der Waals surface area (Å²) in [6.45, 7) is 2.98. The molecular weight excluding hydrogens is 348 g/mol. The second-order valence-corrected chi connectivity index (χ2v) is 6.26. The van der Waals surface area contributed by atoms with E-state index in [4.69, 9.17) is 9.47 Å². The van der Waals surface area contributed by atoms with Gasteiger partial charge in [0.05, 0.1) is 11.4 Å². The molecule has 7 heteroatoms. The second kappa shape index (κ2) is 7.90. The van der Waals surface area contributed by atoms with Gasteiger partial charge in [0.1, 0.15) is 12.3 Å². The van der Waals surface area contributed by atoms with Gasteiger partial charge in [0, 0.05) is 0 Å².